The Labute approximate surface area is 103 Å². The zero-order valence-electron chi connectivity index (χ0n) is 11.1. The summed E-state index contributed by atoms with van der Waals surface area (Å²) >= 11 is 0. The Morgan fingerprint density at radius 1 is 1.41 bits per heavy atom. The highest BCUT2D eigenvalue weighted by Gasteiger charge is 2.36. The molecule has 1 saturated heterocycles. The summed E-state index contributed by atoms with van der Waals surface area (Å²) in [6.07, 6.45) is 6.45. The number of imidazole rings is 1. The standard InChI is InChI=1S/C13H23N3O/c1-13(2,16-7-4-5-8-16)11(17)10-12-14-6-9-15(12)3/h6,9,11,17H,4-5,7-8,10H2,1-3H3. The van der Waals surface area contributed by atoms with Crippen LogP contribution in [0.25, 0.3) is 0 Å². The van der Waals surface area contributed by atoms with Gasteiger partial charge in [-0.25, -0.2) is 4.98 Å². The first kappa shape index (κ1) is 12.6. The topological polar surface area (TPSA) is 41.3 Å². The third-order valence-electron chi connectivity index (χ3n) is 4.03. The van der Waals surface area contributed by atoms with Gasteiger partial charge < -0.3 is 9.67 Å². The number of aromatic nitrogens is 2. The molecule has 2 heterocycles. The first-order valence-electron chi connectivity index (χ1n) is 6.41. The first-order chi connectivity index (χ1) is 8.01. The van der Waals surface area contributed by atoms with Gasteiger partial charge in [-0.05, 0) is 39.8 Å². The molecule has 0 spiro atoms. The number of rotatable bonds is 4. The first-order valence-corrected chi connectivity index (χ1v) is 6.41. The fourth-order valence-electron chi connectivity index (χ4n) is 2.52. The summed E-state index contributed by atoms with van der Waals surface area (Å²) in [7, 11) is 1.97. The zero-order chi connectivity index (χ0) is 12.5. The highest BCUT2D eigenvalue weighted by molar-refractivity contribution is 4.99. The van der Waals surface area contributed by atoms with Crippen molar-refractivity contribution < 1.29 is 5.11 Å². The molecule has 1 atom stereocenters. The molecule has 0 bridgehead atoms. The van der Waals surface area contributed by atoms with E-state index in [1.165, 1.54) is 12.8 Å². The van der Waals surface area contributed by atoms with Gasteiger partial charge in [0.1, 0.15) is 5.82 Å². The van der Waals surface area contributed by atoms with E-state index in [4.69, 9.17) is 0 Å². The van der Waals surface area contributed by atoms with Gasteiger partial charge in [-0.3, -0.25) is 4.90 Å². The number of aliphatic hydroxyl groups is 1. The van der Waals surface area contributed by atoms with Gasteiger partial charge in [0, 0.05) is 31.4 Å². The summed E-state index contributed by atoms with van der Waals surface area (Å²) in [5.74, 6) is 0.949. The molecule has 96 valence electrons. The van der Waals surface area contributed by atoms with Crippen molar-refractivity contribution in [2.45, 2.75) is 44.8 Å². The van der Waals surface area contributed by atoms with Crippen LogP contribution in [0.3, 0.4) is 0 Å². The van der Waals surface area contributed by atoms with Crippen LogP contribution in [0, 0.1) is 0 Å². The fraction of sp³-hybridized carbons (Fsp3) is 0.769. The molecule has 1 unspecified atom stereocenters. The molecular formula is C13H23N3O. The summed E-state index contributed by atoms with van der Waals surface area (Å²) in [6, 6.07) is 0. The zero-order valence-corrected chi connectivity index (χ0v) is 11.1. The van der Waals surface area contributed by atoms with Crippen molar-refractivity contribution in [3.05, 3.63) is 18.2 Å². The van der Waals surface area contributed by atoms with E-state index in [0.717, 1.165) is 18.9 Å². The Balaban J connectivity index is 2.03. The molecule has 0 aromatic carbocycles. The van der Waals surface area contributed by atoms with E-state index in [-0.39, 0.29) is 11.6 Å². The Kier molecular flexibility index (Phi) is 3.54. The largest absolute Gasteiger partial charge is 0.391 e. The van der Waals surface area contributed by atoms with E-state index in [0.29, 0.717) is 6.42 Å². The maximum absolute atomic E-state index is 10.4. The quantitative estimate of drug-likeness (QED) is 0.855. The SMILES string of the molecule is Cn1ccnc1CC(O)C(C)(C)N1CCCC1. The molecule has 0 amide bonds. The number of nitrogens with zero attached hydrogens (tertiary/aromatic N) is 3. The summed E-state index contributed by atoms with van der Waals surface area (Å²) in [4.78, 5) is 6.67. The molecule has 1 aliphatic heterocycles. The second-order valence-corrected chi connectivity index (χ2v) is 5.52. The molecule has 1 aliphatic rings. The maximum atomic E-state index is 10.4. The lowest BCUT2D eigenvalue weighted by Gasteiger charge is -2.39. The average Bonchev–Trinajstić information content (AvgIpc) is 2.90. The van der Waals surface area contributed by atoms with Gasteiger partial charge in [0.2, 0.25) is 0 Å². The summed E-state index contributed by atoms with van der Waals surface area (Å²) in [6.45, 7) is 6.47. The van der Waals surface area contributed by atoms with E-state index in [1.807, 2.05) is 17.8 Å². The van der Waals surface area contributed by atoms with Crippen LogP contribution < -0.4 is 0 Å². The van der Waals surface area contributed by atoms with Crippen LogP contribution in [0.5, 0.6) is 0 Å². The minimum absolute atomic E-state index is 0.164. The Morgan fingerprint density at radius 3 is 2.59 bits per heavy atom. The molecule has 0 saturated carbocycles. The van der Waals surface area contributed by atoms with Crippen molar-refractivity contribution >= 4 is 0 Å². The van der Waals surface area contributed by atoms with E-state index < -0.39 is 0 Å². The van der Waals surface area contributed by atoms with Crippen molar-refractivity contribution in [1.29, 1.82) is 0 Å². The smallest absolute Gasteiger partial charge is 0.111 e. The number of hydrogen-bond acceptors (Lipinski definition) is 3. The van der Waals surface area contributed by atoms with Crippen molar-refractivity contribution in [1.82, 2.24) is 14.5 Å². The third kappa shape index (κ3) is 2.53. The Hall–Kier alpha value is -0.870. The van der Waals surface area contributed by atoms with Crippen LogP contribution in [0.1, 0.15) is 32.5 Å². The Morgan fingerprint density at radius 2 is 2.06 bits per heavy atom. The van der Waals surface area contributed by atoms with Crippen molar-refractivity contribution in [2.75, 3.05) is 13.1 Å². The van der Waals surface area contributed by atoms with Crippen LogP contribution in [0.4, 0.5) is 0 Å². The van der Waals surface area contributed by atoms with E-state index in [9.17, 15) is 5.11 Å². The number of hydrogen-bond donors (Lipinski definition) is 1. The molecule has 1 N–H and O–H groups in total. The average molecular weight is 237 g/mol. The van der Waals surface area contributed by atoms with Crippen LogP contribution in [-0.4, -0.2) is 44.3 Å². The van der Waals surface area contributed by atoms with Gasteiger partial charge >= 0.3 is 0 Å². The normalized spacial score (nSPS) is 19.8. The predicted octanol–water partition coefficient (Wildman–Crippen LogP) is 1.20. The van der Waals surface area contributed by atoms with Gasteiger partial charge in [0.25, 0.3) is 0 Å². The minimum Gasteiger partial charge on any atom is -0.391 e. The summed E-state index contributed by atoms with van der Waals surface area (Å²) < 4.78 is 1.98. The number of aliphatic hydroxyl groups excluding tert-OH is 1. The van der Waals surface area contributed by atoms with Crippen molar-refractivity contribution in [3.63, 3.8) is 0 Å². The molecule has 1 aromatic heterocycles. The molecule has 1 aromatic rings. The van der Waals surface area contributed by atoms with Crippen LogP contribution in [0.15, 0.2) is 12.4 Å². The highest BCUT2D eigenvalue weighted by atomic mass is 16.3. The number of aryl methyl sites for hydroxylation is 1. The molecule has 0 aliphatic carbocycles. The van der Waals surface area contributed by atoms with Crippen LogP contribution >= 0.6 is 0 Å². The van der Waals surface area contributed by atoms with Gasteiger partial charge in [-0.2, -0.15) is 0 Å². The second kappa shape index (κ2) is 4.78. The van der Waals surface area contributed by atoms with Gasteiger partial charge in [-0.1, -0.05) is 0 Å². The monoisotopic (exact) mass is 237 g/mol. The maximum Gasteiger partial charge on any atom is 0.111 e. The molecule has 1 fully saturated rings. The third-order valence-corrected chi connectivity index (χ3v) is 4.03. The predicted molar refractivity (Wildman–Crippen MR) is 67.8 cm³/mol. The van der Waals surface area contributed by atoms with Crippen molar-refractivity contribution in [3.8, 4) is 0 Å². The lowest BCUT2D eigenvalue weighted by molar-refractivity contribution is 0.00196. The summed E-state index contributed by atoms with van der Waals surface area (Å²) in [5.41, 5.74) is -0.164. The molecule has 0 radical (unpaired) electrons. The lowest BCUT2D eigenvalue weighted by atomic mass is 9.92. The lowest BCUT2D eigenvalue weighted by Crippen LogP contribution is -2.52. The number of likely N-dealkylation sites (tertiary alicyclic amines) is 1. The van der Waals surface area contributed by atoms with E-state index in [1.54, 1.807) is 6.20 Å². The van der Waals surface area contributed by atoms with Gasteiger partial charge in [0.05, 0.1) is 6.10 Å². The summed E-state index contributed by atoms with van der Waals surface area (Å²) in [5, 5.41) is 10.4. The highest BCUT2D eigenvalue weighted by Crippen LogP contribution is 2.25. The van der Waals surface area contributed by atoms with Crippen molar-refractivity contribution in [2.24, 2.45) is 7.05 Å². The molecule has 4 nitrogen and oxygen atoms in total. The minimum atomic E-state index is -0.373. The fourth-order valence-corrected chi connectivity index (χ4v) is 2.52. The second-order valence-electron chi connectivity index (χ2n) is 5.52. The van der Waals surface area contributed by atoms with Crippen LogP contribution in [-0.2, 0) is 13.5 Å². The van der Waals surface area contributed by atoms with E-state index >= 15 is 0 Å². The molecule has 4 heteroatoms. The van der Waals surface area contributed by atoms with Gasteiger partial charge in [-0.15, -0.1) is 0 Å². The molecule has 2 rings (SSSR count). The van der Waals surface area contributed by atoms with Crippen LogP contribution in [0.2, 0.25) is 0 Å². The molecular weight excluding hydrogens is 214 g/mol. The van der Waals surface area contributed by atoms with E-state index in [2.05, 4.69) is 23.7 Å². The Bertz CT molecular complexity index is 366. The van der Waals surface area contributed by atoms with Gasteiger partial charge in [0.15, 0.2) is 0 Å². The molecule has 17 heavy (non-hydrogen) atoms.